The van der Waals surface area contributed by atoms with Crippen molar-refractivity contribution >= 4 is 27.5 Å². The Bertz CT molecular complexity index is 1120. The molecule has 3 heterocycles. The molecule has 12 heteroatoms. The molecule has 0 bridgehead atoms. The summed E-state index contributed by atoms with van der Waals surface area (Å²) in [5.41, 5.74) is 1.02. The highest BCUT2D eigenvalue weighted by Gasteiger charge is 2.35. The molecule has 1 saturated heterocycles. The van der Waals surface area contributed by atoms with Gasteiger partial charge in [-0.2, -0.15) is 14.5 Å². The fourth-order valence-electron chi connectivity index (χ4n) is 3.70. The Labute approximate surface area is 194 Å². The molecule has 182 valence electrons. The van der Waals surface area contributed by atoms with Gasteiger partial charge in [-0.05, 0) is 32.6 Å². The number of aryl methyl sites for hydroxylation is 2. The van der Waals surface area contributed by atoms with Crippen LogP contribution in [0.4, 0.5) is 5.69 Å². The molecule has 0 spiro atoms. The third kappa shape index (κ3) is 5.44. The summed E-state index contributed by atoms with van der Waals surface area (Å²) in [6, 6.07) is 0. The minimum absolute atomic E-state index is 0.0687. The molecule has 0 unspecified atom stereocenters. The van der Waals surface area contributed by atoms with Crippen LogP contribution in [0.5, 0.6) is 0 Å². The van der Waals surface area contributed by atoms with E-state index in [-0.39, 0.29) is 34.9 Å². The third-order valence-corrected chi connectivity index (χ3v) is 7.76. The molecule has 1 aliphatic rings. The lowest BCUT2D eigenvalue weighted by Gasteiger charge is -2.31. The quantitative estimate of drug-likeness (QED) is 0.588. The highest BCUT2D eigenvalue weighted by Crippen LogP contribution is 2.26. The second-order valence-electron chi connectivity index (χ2n) is 8.76. The van der Waals surface area contributed by atoms with Gasteiger partial charge in [-0.15, -0.1) is 0 Å². The third-order valence-electron chi connectivity index (χ3n) is 5.79. The lowest BCUT2D eigenvalue weighted by atomic mass is 9.99. The molecule has 0 aromatic carbocycles. The van der Waals surface area contributed by atoms with Crippen LogP contribution in [0.1, 0.15) is 49.8 Å². The van der Waals surface area contributed by atoms with Crippen LogP contribution in [-0.4, -0.2) is 63.7 Å². The fourth-order valence-corrected chi connectivity index (χ4v) is 5.41. The van der Waals surface area contributed by atoms with Crippen LogP contribution in [0, 0.1) is 18.8 Å². The van der Waals surface area contributed by atoms with Crippen LogP contribution >= 0.6 is 0 Å². The summed E-state index contributed by atoms with van der Waals surface area (Å²) < 4.78 is 30.7. The number of carbonyl (C=O) groups is 2. The largest absolute Gasteiger partial charge is 0.350 e. The van der Waals surface area contributed by atoms with Gasteiger partial charge in [-0.25, -0.2) is 8.42 Å². The summed E-state index contributed by atoms with van der Waals surface area (Å²) >= 11 is 0. The number of sulfonamides is 1. The molecule has 33 heavy (non-hydrogen) atoms. The predicted molar refractivity (Wildman–Crippen MR) is 123 cm³/mol. The minimum Gasteiger partial charge on any atom is -0.350 e. The topological polar surface area (TPSA) is 131 Å². The first-order chi connectivity index (χ1) is 15.5. The zero-order chi connectivity index (χ0) is 24.3. The Hall–Kier alpha value is -2.73. The van der Waals surface area contributed by atoms with E-state index >= 15 is 0 Å². The zero-order valence-corrected chi connectivity index (χ0v) is 20.6. The van der Waals surface area contributed by atoms with Crippen LogP contribution in [0.25, 0.3) is 0 Å². The number of anilines is 1. The SMILES string of the molecule is CCn1cc(NC(=O)[C@H]2CCCN(S(=O)(=O)c3cnn(C)c3C)C2)c(C(=O)NCC(C)C)n1. The summed E-state index contributed by atoms with van der Waals surface area (Å²) in [6.45, 7) is 9.02. The molecular formula is C21H33N7O4S. The van der Waals surface area contributed by atoms with Gasteiger partial charge in [0.2, 0.25) is 15.9 Å². The van der Waals surface area contributed by atoms with Crippen molar-refractivity contribution in [3.05, 3.63) is 23.8 Å². The van der Waals surface area contributed by atoms with Crippen molar-refractivity contribution < 1.29 is 18.0 Å². The molecule has 2 amide bonds. The maximum Gasteiger partial charge on any atom is 0.273 e. The van der Waals surface area contributed by atoms with Gasteiger partial charge in [0.25, 0.3) is 5.91 Å². The molecule has 2 N–H and O–H groups in total. The summed E-state index contributed by atoms with van der Waals surface area (Å²) in [4.78, 5) is 25.8. The van der Waals surface area contributed by atoms with E-state index in [0.717, 1.165) is 0 Å². The monoisotopic (exact) mass is 479 g/mol. The van der Waals surface area contributed by atoms with Gasteiger partial charge < -0.3 is 10.6 Å². The van der Waals surface area contributed by atoms with E-state index < -0.39 is 15.9 Å². The van der Waals surface area contributed by atoms with Gasteiger partial charge in [0.05, 0.1) is 23.5 Å². The molecule has 1 fully saturated rings. The number of aromatic nitrogens is 4. The van der Waals surface area contributed by atoms with Gasteiger partial charge in [-0.1, -0.05) is 13.8 Å². The average Bonchev–Trinajstić information content (AvgIpc) is 3.35. The van der Waals surface area contributed by atoms with Crippen molar-refractivity contribution in [2.45, 2.75) is 52.0 Å². The highest BCUT2D eigenvalue weighted by atomic mass is 32.2. The van der Waals surface area contributed by atoms with Crippen molar-refractivity contribution in [3.63, 3.8) is 0 Å². The van der Waals surface area contributed by atoms with E-state index in [1.807, 2.05) is 20.8 Å². The summed E-state index contributed by atoms with van der Waals surface area (Å²) in [5, 5.41) is 13.9. The maximum absolute atomic E-state index is 13.1. The number of carbonyl (C=O) groups excluding carboxylic acids is 2. The normalized spacial score (nSPS) is 17.3. The molecule has 0 saturated carbocycles. The van der Waals surface area contributed by atoms with Crippen molar-refractivity contribution in [1.82, 2.24) is 29.2 Å². The van der Waals surface area contributed by atoms with E-state index in [2.05, 4.69) is 20.8 Å². The van der Waals surface area contributed by atoms with E-state index in [1.54, 1.807) is 24.9 Å². The molecule has 1 aliphatic heterocycles. The van der Waals surface area contributed by atoms with Crippen LogP contribution in [0.2, 0.25) is 0 Å². The molecule has 1 atom stereocenters. The molecule has 0 radical (unpaired) electrons. The number of amides is 2. The minimum atomic E-state index is -3.76. The number of hydrogen-bond donors (Lipinski definition) is 2. The smallest absolute Gasteiger partial charge is 0.273 e. The van der Waals surface area contributed by atoms with Gasteiger partial charge in [-0.3, -0.25) is 19.0 Å². The van der Waals surface area contributed by atoms with Crippen LogP contribution in [0.15, 0.2) is 17.3 Å². The number of nitrogens with zero attached hydrogens (tertiary/aromatic N) is 5. The summed E-state index contributed by atoms with van der Waals surface area (Å²) in [6.07, 6.45) is 4.08. The highest BCUT2D eigenvalue weighted by molar-refractivity contribution is 7.89. The lowest BCUT2D eigenvalue weighted by Crippen LogP contribution is -2.43. The first kappa shape index (κ1) is 24.9. The Morgan fingerprint density at radius 3 is 2.64 bits per heavy atom. The Balaban J connectivity index is 1.75. The van der Waals surface area contributed by atoms with Crippen molar-refractivity contribution in [1.29, 1.82) is 0 Å². The van der Waals surface area contributed by atoms with E-state index in [4.69, 9.17) is 0 Å². The van der Waals surface area contributed by atoms with Crippen LogP contribution in [-0.2, 0) is 28.4 Å². The van der Waals surface area contributed by atoms with Crippen LogP contribution < -0.4 is 10.6 Å². The molecule has 0 aliphatic carbocycles. The molecule has 11 nitrogen and oxygen atoms in total. The van der Waals surface area contributed by atoms with Gasteiger partial charge in [0.1, 0.15) is 4.90 Å². The fraction of sp³-hybridized carbons (Fsp3) is 0.619. The number of nitrogens with one attached hydrogen (secondary N) is 2. The summed E-state index contributed by atoms with van der Waals surface area (Å²) in [5.74, 6) is -0.946. The van der Waals surface area contributed by atoms with Crippen LogP contribution in [0.3, 0.4) is 0 Å². The van der Waals surface area contributed by atoms with Crippen molar-refractivity contribution in [2.24, 2.45) is 18.9 Å². The van der Waals surface area contributed by atoms with Crippen molar-refractivity contribution in [2.75, 3.05) is 25.0 Å². The predicted octanol–water partition coefficient (Wildman–Crippen LogP) is 1.37. The number of rotatable bonds is 8. The zero-order valence-electron chi connectivity index (χ0n) is 19.8. The Morgan fingerprint density at radius 1 is 1.30 bits per heavy atom. The second-order valence-corrected chi connectivity index (χ2v) is 10.7. The van der Waals surface area contributed by atoms with Gasteiger partial charge in [0.15, 0.2) is 5.69 Å². The lowest BCUT2D eigenvalue weighted by molar-refractivity contribution is -0.120. The first-order valence-corrected chi connectivity index (χ1v) is 12.6. The van der Waals surface area contributed by atoms with Gasteiger partial charge in [0, 0.05) is 39.4 Å². The average molecular weight is 480 g/mol. The number of hydrogen-bond acceptors (Lipinski definition) is 6. The van der Waals surface area contributed by atoms with E-state index in [9.17, 15) is 18.0 Å². The second kappa shape index (κ2) is 10.0. The Kier molecular flexibility index (Phi) is 7.58. The molecule has 2 aromatic heterocycles. The van der Waals surface area contributed by atoms with E-state index in [1.165, 1.54) is 15.2 Å². The van der Waals surface area contributed by atoms with Crippen molar-refractivity contribution in [3.8, 4) is 0 Å². The number of piperidine rings is 1. The maximum atomic E-state index is 13.1. The molecular weight excluding hydrogens is 446 g/mol. The first-order valence-electron chi connectivity index (χ1n) is 11.2. The Morgan fingerprint density at radius 2 is 2.03 bits per heavy atom. The molecule has 2 aromatic rings. The van der Waals surface area contributed by atoms with E-state index in [0.29, 0.717) is 43.9 Å². The molecule has 3 rings (SSSR count). The standard InChI is InChI=1S/C21H33N7O4S/c1-6-27-13-17(19(25-27)21(30)22-10-14(2)3)24-20(29)16-8-7-9-28(12-16)33(31,32)18-11-23-26(5)15(18)4/h11,13-14,16H,6-10,12H2,1-5H3,(H,22,30)(H,24,29)/t16-/m0/s1. The van der Waals surface area contributed by atoms with Gasteiger partial charge >= 0.3 is 0 Å². The summed E-state index contributed by atoms with van der Waals surface area (Å²) in [7, 11) is -2.07.